The highest BCUT2D eigenvalue weighted by molar-refractivity contribution is 5.85. The fourth-order valence-electron chi connectivity index (χ4n) is 2.98. The third-order valence-electron chi connectivity index (χ3n) is 4.55. The number of carbonyl (C=O) groups excluding carboxylic acids is 1. The van der Waals surface area contributed by atoms with Crippen molar-refractivity contribution < 1.29 is 9.53 Å². The summed E-state index contributed by atoms with van der Waals surface area (Å²) in [4.78, 5) is 16.7. The molecule has 2 heterocycles. The second-order valence-electron chi connectivity index (χ2n) is 6.45. The van der Waals surface area contributed by atoms with E-state index in [1.54, 1.807) is 0 Å². The number of likely N-dealkylation sites (tertiary alicyclic amines) is 1. The topological polar surface area (TPSA) is 58.8 Å². The first kappa shape index (κ1) is 21.9. The van der Waals surface area contributed by atoms with Gasteiger partial charge >= 0.3 is 0 Å². The number of halogens is 2. The molecule has 2 saturated heterocycles. The van der Waals surface area contributed by atoms with Gasteiger partial charge in [0.2, 0.25) is 5.91 Å². The molecule has 0 aromatic heterocycles. The van der Waals surface area contributed by atoms with Gasteiger partial charge in [-0.1, -0.05) is 13.8 Å². The highest BCUT2D eigenvalue weighted by Gasteiger charge is 2.28. The van der Waals surface area contributed by atoms with Crippen molar-refractivity contribution in [2.75, 3.05) is 45.9 Å². The summed E-state index contributed by atoms with van der Waals surface area (Å²) in [5.41, 5.74) is 5.96. The van der Waals surface area contributed by atoms with E-state index in [0.29, 0.717) is 5.92 Å². The first-order chi connectivity index (χ1) is 9.58. The van der Waals surface area contributed by atoms with Crippen molar-refractivity contribution in [2.45, 2.75) is 32.7 Å². The minimum absolute atomic E-state index is 0. The zero-order valence-corrected chi connectivity index (χ0v) is 15.3. The molecular weight excluding hydrogens is 325 g/mol. The average molecular weight is 356 g/mol. The van der Waals surface area contributed by atoms with Crippen molar-refractivity contribution >= 4 is 30.7 Å². The normalized spacial score (nSPS) is 21.9. The number of nitrogens with zero attached hydrogens (tertiary/aromatic N) is 2. The number of rotatable bonds is 4. The van der Waals surface area contributed by atoms with E-state index in [-0.39, 0.29) is 42.7 Å². The van der Waals surface area contributed by atoms with Crippen LogP contribution >= 0.6 is 24.8 Å². The summed E-state index contributed by atoms with van der Waals surface area (Å²) in [7, 11) is 0. The summed E-state index contributed by atoms with van der Waals surface area (Å²) in [6, 6.07) is -0.342. The fraction of sp³-hybridized carbons (Fsp3) is 0.933. The van der Waals surface area contributed by atoms with E-state index in [4.69, 9.17) is 10.5 Å². The van der Waals surface area contributed by atoms with Gasteiger partial charge in [0.1, 0.15) is 0 Å². The van der Waals surface area contributed by atoms with Crippen LogP contribution in [0.1, 0.15) is 26.7 Å². The maximum absolute atomic E-state index is 12.2. The molecule has 1 amide bonds. The quantitative estimate of drug-likeness (QED) is 0.827. The molecule has 0 spiro atoms. The van der Waals surface area contributed by atoms with Gasteiger partial charge in [-0.3, -0.25) is 9.69 Å². The zero-order valence-electron chi connectivity index (χ0n) is 13.7. The molecule has 2 aliphatic heterocycles. The van der Waals surface area contributed by atoms with Crippen molar-refractivity contribution in [3.8, 4) is 0 Å². The van der Waals surface area contributed by atoms with Crippen molar-refractivity contribution in [3.05, 3.63) is 0 Å². The van der Waals surface area contributed by atoms with E-state index < -0.39 is 0 Å². The third-order valence-corrected chi connectivity index (χ3v) is 4.55. The van der Waals surface area contributed by atoms with Crippen LogP contribution in [0.4, 0.5) is 0 Å². The van der Waals surface area contributed by atoms with Crippen molar-refractivity contribution in [1.82, 2.24) is 9.80 Å². The third kappa shape index (κ3) is 6.20. The van der Waals surface area contributed by atoms with Crippen LogP contribution in [-0.4, -0.2) is 67.7 Å². The van der Waals surface area contributed by atoms with Gasteiger partial charge in [0.15, 0.2) is 0 Å². The molecule has 2 N–H and O–H groups in total. The van der Waals surface area contributed by atoms with Crippen molar-refractivity contribution in [3.63, 3.8) is 0 Å². The van der Waals surface area contributed by atoms with E-state index in [0.717, 1.165) is 58.8 Å². The lowest BCUT2D eigenvalue weighted by Crippen LogP contribution is -2.50. The Balaban J connectivity index is 0.00000220. The Kier molecular flexibility index (Phi) is 10.6. The summed E-state index contributed by atoms with van der Waals surface area (Å²) >= 11 is 0. The van der Waals surface area contributed by atoms with Gasteiger partial charge in [-0.05, 0) is 24.7 Å². The summed E-state index contributed by atoms with van der Waals surface area (Å²) < 4.78 is 5.38. The maximum Gasteiger partial charge on any atom is 0.239 e. The predicted molar refractivity (Wildman–Crippen MR) is 93.9 cm³/mol. The molecule has 0 aliphatic carbocycles. The van der Waals surface area contributed by atoms with E-state index in [2.05, 4.69) is 4.90 Å². The number of hydrogen-bond donors (Lipinski definition) is 1. The highest BCUT2D eigenvalue weighted by atomic mass is 35.5. The molecule has 5 nitrogen and oxygen atoms in total. The summed E-state index contributed by atoms with van der Waals surface area (Å²) in [5.74, 6) is 1.06. The molecule has 2 rings (SSSR count). The number of carbonyl (C=O) groups is 1. The lowest BCUT2D eigenvalue weighted by atomic mass is 9.94. The summed E-state index contributed by atoms with van der Waals surface area (Å²) in [6.07, 6.45) is 2.21. The van der Waals surface area contributed by atoms with Crippen LogP contribution in [0.5, 0.6) is 0 Å². The lowest BCUT2D eigenvalue weighted by molar-refractivity contribution is -0.135. The molecular formula is C15H31Cl2N3O2. The predicted octanol–water partition coefficient (Wildman–Crippen LogP) is 1.38. The second-order valence-corrected chi connectivity index (χ2v) is 6.45. The first-order valence-corrected chi connectivity index (χ1v) is 7.92. The van der Waals surface area contributed by atoms with Crippen LogP contribution in [0.3, 0.4) is 0 Å². The monoisotopic (exact) mass is 355 g/mol. The molecule has 0 aromatic rings. The summed E-state index contributed by atoms with van der Waals surface area (Å²) in [5, 5.41) is 0. The Labute approximate surface area is 146 Å². The number of ether oxygens (including phenoxy) is 1. The summed E-state index contributed by atoms with van der Waals surface area (Å²) in [6.45, 7) is 10.7. The molecule has 0 radical (unpaired) electrons. The van der Waals surface area contributed by atoms with E-state index >= 15 is 0 Å². The number of hydrogen-bond acceptors (Lipinski definition) is 4. The van der Waals surface area contributed by atoms with Gasteiger partial charge in [0, 0.05) is 32.7 Å². The van der Waals surface area contributed by atoms with Gasteiger partial charge in [-0.15, -0.1) is 24.8 Å². The molecule has 2 aliphatic rings. The zero-order chi connectivity index (χ0) is 14.5. The minimum atomic E-state index is -0.342. The van der Waals surface area contributed by atoms with Crippen molar-refractivity contribution in [2.24, 2.45) is 17.6 Å². The van der Waals surface area contributed by atoms with Crippen molar-refractivity contribution in [1.29, 1.82) is 0 Å². The van der Waals surface area contributed by atoms with E-state index in [1.807, 2.05) is 18.7 Å². The van der Waals surface area contributed by atoms with Crippen LogP contribution in [0.15, 0.2) is 0 Å². The second kappa shape index (κ2) is 10.7. The van der Waals surface area contributed by atoms with Crippen LogP contribution < -0.4 is 5.73 Å². The first-order valence-electron chi connectivity index (χ1n) is 7.92. The number of amides is 1. The molecule has 132 valence electrons. The van der Waals surface area contributed by atoms with E-state index in [1.165, 1.54) is 0 Å². The number of morpholine rings is 1. The largest absolute Gasteiger partial charge is 0.379 e. The molecule has 2 fully saturated rings. The SMILES string of the molecule is CC(C)C(N)C(=O)N1CCC(CN2CCOCC2)CC1.Cl.Cl. The molecule has 1 atom stereocenters. The smallest absolute Gasteiger partial charge is 0.239 e. The fourth-order valence-corrected chi connectivity index (χ4v) is 2.98. The number of nitrogens with two attached hydrogens (primary N) is 1. The molecule has 0 bridgehead atoms. The molecule has 7 heteroatoms. The Bertz CT molecular complexity index is 318. The van der Waals surface area contributed by atoms with Gasteiger partial charge in [0.05, 0.1) is 19.3 Å². The van der Waals surface area contributed by atoms with Crippen LogP contribution in [0.25, 0.3) is 0 Å². The van der Waals surface area contributed by atoms with E-state index in [9.17, 15) is 4.79 Å². The number of piperidine rings is 1. The van der Waals surface area contributed by atoms with Gasteiger partial charge in [-0.2, -0.15) is 0 Å². The molecule has 1 unspecified atom stereocenters. The maximum atomic E-state index is 12.2. The standard InChI is InChI=1S/C15H29N3O2.2ClH/c1-12(2)14(16)15(19)18-5-3-13(4-6-18)11-17-7-9-20-10-8-17;;/h12-14H,3-11,16H2,1-2H3;2*1H. The Hall–Kier alpha value is -0.0700. The van der Waals surface area contributed by atoms with Crippen LogP contribution in [0, 0.1) is 11.8 Å². The van der Waals surface area contributed by atoms with Gasteiger partial charge in [-0.25, -0.2) is 0 Å². The average Bonchev–Trinajstić information content (AvgIpc) is 2.47. The molecule has 0 saturated carbocycles. The minimum Gasteiger partial charge on any atom is -0.379 e. The molecule has 0 aromatic carbocycles. The lowest BCUT2D eigenvalue weighted by Gasteiger charge is -2.37. The Morgan fingerprint density at radius 2 is 1.68 bits per heavy atom. The van der Waals surface area contributed by atoms with Gasteiger partial charge < -0.3 is 15.4 Å². The van der Waals surface area contributed by atoms with Crippen LogP contribution in [0.2, 0.25) is 0 Å². The highest BCUT2D eigenvalue weighted by Crippen LogP contribution is 2.20. The van der Waals surface area contributed by atoms with Crippen LogP contribution in [-0.2, 0) is 9.53 Å². The Morgan fingerprint density at radius 3 is 2.18 bits per heavy atom. The van der Waals surface area contributed by atoms with Gasteiger partial charge in [0.25, 0.3) is 0 Å². The molecule has 22 heavy (non-hydrogen) atoms. The Morgan fingerprint density at radius 1 is 1.14 bits per heavy atom.